The van der Waals surface area contributed by atoms with Gasteiger partial charge in [0.1, 0.15) is 5.60 Å². The molecule has 0 fully saturated rings. The van der Waals surface area contributed by atoms with Gasteiger partial charge in [-0.2, -0.15) is 0 Å². The van der Waals surface area contributed by atoms with E-state index in [2.05, 4.69) is 15.9 Å². The van der Waals surface area contributed by atoms with Crippen molar-refractivity contribution in [3.63, 3.8) is 0 Å². The number of amides is 1. The maximum absolute atomic E-state index is 11.9. The summed E-state index contributed by atoms with van der Waals surface area (Å²) in [5.41, 5.74) is -0.284. The average Bonchev–Trinajstić information content (AvgIpc) is 2.20. The van der Waals surface area contributed by atoms with E-state index in [0.29, 0.717) is 10.2 Å². The quantitative estimate of drug-likeness (QED) is 0.800. The minimum Gasteiger partial charge on any atom is -0.443 e. The molecular formula is C12H17BrN2O3. The number of aromatic nitrogens is 1. The maximum atomic E-state index is 11.9. The number of hydrogen-bond donors (Lipinski definition) is 0. The summed E-state index contributed by atoms with van der Waals surface area (Å²) >= 11 is 3.32. The molecule has 1 aromatic rings. The van der Waals surface area contributed by atoms with Crippen LogP contribution in [0.4, 0.5) is 10.5 Å². The lowest BCUT2D eigenvalue weighted by molar-refractivity contribution is 0.0589. The van der Waals surface area contributed by atoms with E-state index < -0.39 is 11.7 Å². The Morgan fingerprint density at radius 3 is 2.50 bits per heavy atom. The van der Waals surface area contributed by atoms with Gasteiger partial charge in [0.15, 0.2) is 0 Å². The fraction of sp³-hybridized carbons (Fsp3) is 0.500. The van der Waals surface area contributed by atoms with Crippen molar-refractivity contribution in [3.05, 3.63) is 27.1 Å². The summed E-state index contributed by atoms with van der Waals surface area (Å²) in [6.45, 7) is 5.37. The van der Waals surface area contributed by atoms with Gasteiger partial charge < -0.3 is 9.30 Å². The molecule has 5 nitrogen and oxygen atoms in total. The normalized spacial score (nSPS) is 11.2. The van der Waals surface area contributed by atoms with Crippen molar-refractivity contribution >= 4 is 27.7 Å². The zero-order valence-corrected chi connectivity index (χ0v) is 12.7. The largest absolute Gasteiger partial charge is 0.443 e. The molecule has 100 valence electrons. The molecule has 0 aliphatic heterocycles. The van der Waals surface area contributed by atoms with Crippen LogP contribution in [-0.4, -0.2) is 23.3 Å². The molecule has 0 aliphatic rings. The lowest BCUT2D eigenvalue weighted by Crippen LogP contribution is -2.35. The highest BCUT2D eigenvalue weighted by atomic mass is 79.9. The van der Waals surface area contributed by atoms with Crippen LogP contribution in [0.2, 0.25) is 0 Å². The van der Waals surface area contributed by atoms with E-state index in [9.17, 15) is 9.59 Å². The molecule has 1 aromatic heterocycles. The smallest absolute Gasteiger partial charge is 0.414 e. The number of rotatable bonds is 1. The molecule has 0 spiro atoms. The standard InChI is InChI=1S/C12H17BrN2O3/c1-12(2,3)18-11(17)15(5)9-6-10(16)14(4)7-8(9)13/h6-7H,1-5H3. The highest BCUT2D eigenvalue weighted by Gasteiger charge is 2.22. The zero-order chi connectivity index (χ0) is 14.1. The van der Waals surface area contributed by atoms with Gasteiger partial charge in [-0.3, -0.25) is 9.69 Å². The fourth-order valence-electron chi connectivity index (χ4n) is 1.27. The van der Waals surface area contributed by atoms with Gasteiger partial charge >= 0.3 is 6.09 Å². The number of nitrogens with zero attached hydrogens (tertiary/aromatic N) is 2. The van der Waals surface area contributed by atoms with E-state index in [-0.39, 0.29) is 5.56 Å². The minimum atomic E-state index is -0.572. The second-order valence-corrected chi connectivity index (χ2v) is 5.85. The average molecular weight is 317 g/mol. The summed E-state index contributed by atoms with van der Waals surface area (Å²) < 4.78 is 7.31. The summed E-state index contributed by atoms with van der Waals surface area (Å²) in [5, 5.41) is 0. The monoisotopic (exact) mass is 316 g/mol. The third-order valence-corrected chi connectivity index (χ3v) is 2.80. The van der Waals surface area contributed by atoms with Crippen LogP contribution in [0.15, 0.2) is 21.5 Å². The summed E-state index contributed by atoms with van der Waals surface area (Å²) in [4.78, 5) is 24.8. The molecule has 0 bridgehead atoms. The first-order valence-electron chi connectivity index (χ1n) is 5.44. The highest BCUT2D eigenvalue weighted by molar-refractivity contribution is 9.10. The van der Waals surface area contributed by atoms with E-state index in [0.717, 1.165) is 0 Å². The molecule has 0 saturated carbocycles. The van der Waals surface area contributed by atoms with Gasteiger partial charge in [-0.25, -0.2) is 4.79 Å². The zero-order valence-electron chi connectivity index (χ0n) is 11.2. The molecule has 0 saturated heterocycles. The number of aryl methyl sites for hydroxylation is 1. The third-order valence-electron chi connectivity index (χ3n) is 2.19. The lowest BCUT2D eigenvalue weighted by atomic mass is 10.2. The van der Waals surface area contributed by atoms with Gasteiger partial charge in [-0.15, -0.1) is 0 Å². The van der Waals surface area contributed by atoms with E-state index in [1.165, 1.54) is 15.5 Å². The van der Waals surface area contributed by atoms with Crippen molar-refractivity contribution in [3.8, 4) is 0 Å². The van der Waals surface area contributed by atoms with Gasteiger partial charge in [-0.1, -0.05) is 0 Å². The number of hydrogen-bond acceptors (Lipinski definition) is 3. The van der Waals surface area contributed by atoms with Gasteiger partial charge in [0.05, 0.1) is 10.2 Å². The Bertz CT molecular complexity index is 517. The van der Waals surface area contributed by atoms with Crippen molar-refractivity contribution in [1.82, 2.24) is 4.57 Å². The molecule has 0 radical (unpaired) electrons. The van der Waals surface area contributed by atoms with E-state index in [1.807, 2.05) is 0 Å². The Balaban J connectivity index is 3.04. The number of ether oxygens (including phenoxy) is 1. The van der Waals surface area contributed by atoms with Crippen LogP contribution in [0.25, 0.3) is 0 Å². The second kappa shape index (κ2) is 5.14. The number of carbonyl (C=O) groups excluding carboxylic acids is 1. The summed E-state index contributed by atoms with van der Waals surface area (Å²) in [7, 11) is 3.21. The van der Waals surface area contributed by atoms with E-state index in [4.69, 9.17) is 4.74 Å². The van der Waals surface area contributed by atoms with Crippen LogP contribution in [0.5, 0.6) is 0 Å². The molecule has 1 rings (SSSR count). The number of halogens is 1. The topological polar surface area (TPSA) is 51.5 Å². The predicted molar refractivity (Wildman–Crippen MR) is 74.0 cm³/mol. The molecule has 1 amide bonds. The Kier molecular flexibility index (Phi) is 4.21. The summed E-state index contributed by atoms with van der Waals surface area (Å²) in [6, 6.07) is 1.38. The van der Waals surface area contributed by atoms with Crippen LogP contribution in [0, 0.1) is 0 Å². The molecule has 1 heterocycles. The van der Waals surface area contributed by atoms with Crippen LogP contribution in [0.3, 0.4) is 0 Å². The van der Waals surface area contributed by atoms with Crippen molar-refractivity contribution < 1.29 is 9.53 Å². The molecule has 6 heteroatoms. The Hall–Kier alpha value is -1.30. The van der Waals surface area contributed by atoms with Gasteiger partial charge in [0, 0.05) is 26.4 Å². The molecule has 0 unspecified atom stereocenters. The first-order valence-corrected chi connectivity index (χ1v) is 6.24. The molecular weight excluding hydrogens is 300 g/mol. The molecule has 18 heavy (non-hydrogen) atoms. The second-order valence-electron chi connectivity index (χ2n) is 5.00. The summed E-state index contributed by atoms with van der Waals surface area (Å²) in [5.74, 6) is 0. The van der Waals surface area contributed by atoms with Gasteiger partial charge in [0.2, 0.25) is 0 Å². The van der Waals surface area contributed by atoms with Crippen molar-refractivity contribution in [2.45, 2.75) is 26.4 Å². The number of anilines is 1. The Labute approximate surface area is 114 Å². The van der Waals surface area contributed by atoms with Crippen molar-refractivity contribution in [2.75, 3.05) is 11.9 Å². The SMILES string of the molecule is CN(C(=O)OC(C)(C)C)c1cc(=O)n(C)cc1Br. The molecule has 0 aliphatic carbocycles. The highest BCUT2D eigenvalue weighted by Crippen LogP contribution is 2.24. The fourth-order valence-corrected chi connectivity index (χ4v) is 1.96. The maximum Gasteiger partial charge on any atom is 0.414 e. The van der Waals surface area contributed by atoms with E-state index in [1.54, 1.807) is 41.1 Å². The Morgan fingerprint density at radius 2 is 2.00 bits per heavy atom. The van der Waals surface area contributed by atoms with Crippen LogP contribution >= 0.6 is 15.9 Å². The molecule has 0 N–H and O–H groups in total. The summed E-state index contributed by atoms with van der Waals surface area (Å²) in [6.07, 6.45) is 1.11. The van der Waals surface area contributed by atoms with Crippen molar-refractivity contribution in [2.24, 2.45) is 7.05 Å². The van der Waals surface area contributed by atoms with Crippen LogP contribution < -0.4 is 10.5 Å². The van der Waals surface area contributed by atoms with E-state index >= 15 is 0 Å². The van der Waals surface area contributed by atoms with Crippen LogP contribution in [0.1, 0.15) is 20.8 Å². The number of carbonyl (C=O) groups is 1. The third kappa shape index (κ3) is 3.60. The first-order chi connectivity index (χ1) is 8.11. The van der Waals surface area contributed by atoms with Gasteiger partial charge in [0.25, 0.3) is 5.56 Å². The Morgan fingerprint density at radius 1 is 1.44 bits per heavy atom. The minimum absolute atomic E-state index is 0.191. The first kappa shape index (κ1) is 14.8. The molecule has 0 aromatic carbocycles. The van der Waals surface area contributed by atoms with Gasteiger partial charge in [-0.05, 0) is 36.7 Å². The van der Waals surface area contributed by atoms with Crippen LogP contribution in [-0.2, 0) is 11.8 Å². The molecule has 0 atom stereocenters. The lowest BCUT2D eigenvalue weighted by Gasteiger charge is -2.25. The number of pyridine rings is 1. The predicted octanol–water partition coefficient (Wildman–Crippen LogP) is 2.52. The van der Waals surface area contributed by atoms with Crippen molar-refractivity contribution in [1.29, 1.82) is 0 Å².